The molecule has 5 amide bonds. The van der Waals surface area contributed by atoms with E-state index in [2.05, 4.69) is 43.7 Å². The minimum absolute atomic E-state index is 0.0757. The zero-order valence-electron chi connectivity index (χ0n) is 31.3. The van der Waals surface area contributed by atoms with Gasteiger partial charge < -0.3 is 15.6 Å². The molecule has 0 spiro atoms. The first-order valence-corrected chi connectivity index (χ1v) is 19.7. The first-order valence-electron chi connectivity index (χ1n) is 19.7. The summed E-state index contributed by atoms with van der Waals surface area (Å²) in [6, 6.07) is 13.7. The summed E-state index contributed by atoms with van der Waals surface area (Å²) in [7, 11) is 0. The molecule has 4 N–H and O–H groups in total. The monoisotopic (exact) mass is 755 g/mol. The molecule has 288 valence electrons. The molecule has 2 fully saturated rings. The largest absolute Gasteiger partial charge is 0.352 e. The smallest absolute Gasteiger partial charge is 0.262 e. The predicted octanol–water partition coefficient (Wildman–Crippen LogP) is 6.25. The lowest BCUT2D eigenvalue weighted by atomic mass is 9.96. The Morgan fingerprint density at radius 3 is 2.55 bits per heavy atom. The van der Waals surface area contributed by atoms with E-state index in [4.69, 9.17) is 10.1 Å². The predicted molar refractivity (Wildman–Crippen MR) is 209 cm³/mol. The molecule has 1 saturated carbocycles. The number of carbonyl (C=O) groups is 5. The van der Waals surface area contributed by atoms with Crippen LogP contribution in [0.25, 0.3) is 22.3 Å². The van der Waals surface area contributed by atoms with Crippen LogP contribution < -0.4 is 16.0 Å². The van der Waals surface area contributed by atoms with Crippen LogP contribution >= 0.6 is 0 Å². The fourth-order valence-electron chi connectivity index (χ4n) is 8.49. The number of hydrogen-bond donors (Lipinski definition) is 4. The first-order chi connectivity index (χ1) is 27.3. The number of nitrogens with zero attached hydrogens (tertiary/aromatic N) is 5. The average Bonchev–Trinajstić information content (AvgIpc) is 4.03. The van der Waals surface area contributed by atoms with Crippen LogP contribution in [0.1, 0.15) is 114 Å². The third-order valence-corrected chi connectivity index (χ3v) is 11.4. The van der Waals surface area contributed by atoms with Gasteiger partial charge in [0.1, 0.15) is 11.7 Å². The van der Waals surface area contributed by atoms with E-state index >= 15 is 0 Å². The van der Waals surface area contributed by atoms with Crippen molar-refractivity contribution >= 4 is 52.2 Å². The minimum atomic E-state index is -0.993. The number of unbranched alkanes of at least 4 members (excludes halogenated alkanes) is 2. The summed E-state index contributed by atoms with van der Waals surface area (Å²) in [6.45, 7) is 2.71. The number of nitrogens with one attached hydrogen (secondary N) is 4. The van der Waals surface area contributed by atoms with Crippen molar-refractivity contribution in [3.63, 3.8) is 0 Å². The van der Waals surface area contributed by atoms with Crippen molar-refractivity contribution in [3.8, 4) is 11.3 Å². The molecule has 1 unspecified atom stereocenters. The zero-order chi connectivity index (χ0) is 38.8. The van der Waals surface area contributed by atoms with Gasteiger partial charge in [-0.05, 0) is 92.8 Å². The summed E-state index contributed by atoms with van der Waals surface area (Å²) >= 11 is 0. The van der Waals surface area contributed by atoms with E-state index in [0.717, 1.165) is 64.1 Å². The van der Waals surface area contributed by atoms with Crippen LogP contribution in [0, 0.1) is 5.92 Å². The second-order valence-corrected chi connectivity index (χ2v) is 14.9. The molecule has 14 heteroatoms. The lowest BCUT2D eigenvalue weighted by Crippen LogP contribution is -2.54. The first kappa shape index (κ1) is 36.8. The van der Waals surface area contributed by atoms with E-state index in [1.54, 1.807) is 24.3 Å². The highest BCUT2D eigenvalue weighted by Gasteiger charge is 2.45. The Morgan fingerprint density at radius 2 is 1.77 bits per heavy atom. The molecule has 3 aliphatic rings. The third kappa shape index (κ3) is 7.30. The van der Waals surface area contributed by atoms with Gasteiger partial charge in [0.2, 0.25) is 17.8 Å². The Morgan fingerprint density at radius 1 is 0.946 bits per heavy atom. The SMILES string of the molecule is CC[C@H](C1CCCC1)n1cc(-c2nc(Nc3ccc(C(=O)NCCCCCc4cccc5c4C(=O)N(C4CCC(=O)NC4=O)C5=O)cc3)nc3[nH]ccc23)cn1. The maximum atomic E-state index is 13.4. The molecule has 56 heavy (non-hydrogen) atoms. The van der Waals surface area contributed by atoms with E-state index in [0.29, 0.717) is 42.0 Å². The summed E-state index contributed by atoms with van der Waals surface area (Å²) in [4.78, 5) is 77.2. The molecule has 2 aromatic carbocycles. The molecular weight excluding hydrogens is 711 g/mol. The van der Waals surface area contributed by atoms with Gasteiger partial charge >= 0.3 is 0 Å². The highest BCUT2D eigenvalue weighted by Crippen LogP contribution is 2.37. The van der Waals surface area contributed by atoms with Gasteiger partial charge in [0.05, 0.1) is 29.1 Å². The molecule has 2 atom stereocenters. The Labute approximate surface area is 323 Å². The van der Waals surface area contributed by atoms with Crippen LogP contribution in [0.4, 0.5) is 11.6 Å². The second-order valence-electron chi connectivity index (χ2n) is 14.9. The number of amides is 5. The quantitative estimate of drug-likeness (QED) is 0.0752. The number of fused-ring (bicyclic) bond motifs is 2. The Bertz CT molecular complexity index is 2310. The van der Waals surface area contributed by atoms with Gasteiger partial charge in [-0.1, -0.05) is 38.3 Å². The number of carbonyl (C=O) groups excluding carboxylic acids is 5. The number of rotatable bonds is 14. The number of aromatic nitrogens is 5. The molecule has 0 radical (unpaired) electrons. The van der Waals surface area contributed by atoms with Crippen LogP contribution in [0.3, 0.4) is 0 Å². The highest BCUT2D eigenvalue weighted by atomic mass is 16.2. The van der Waals surface area contributed by atoms with Gasteiger partial charge in [-0.25, -0.2) is 4.98 Å². The maximum Gasteiger partial charge on any atom is 0.262 e. The van der Waals surface area contributed by atoms with Crippen molar-refractivity contribution < 1.29 is 24.0 Å². The van der Waals surface area contributed by atoms with Gasteiger partial charge in [0.15, 0.2) is 0 Å². The van der Waals surface area contributed by atoms with Gasteiger partial charge in [0.25, 0.3) is 17.7 Å². The lowest BCUT2D eigenvalue weighted by Gasteiger charge is -2.27. The fourth-order valence-corrected chi connectivity index (χ4v) is 8.49. The molecule has 5 aromatic rings. The van der Waals surface area contributed by atoms with E-state index in [1.165, 1.54) is 25.7 Å². The summed E-state index contributed by atoms with van der Waals surface area (Å²) in [6.07, 6.45) is 15.0. The number of H-pyrrole nitrogens is 1. The van der Waals surface area contributed by atoms with Gasteiger partial charge in [-0.3, -0.25) is 38.9 Å². The fraction of sp³-hybridized carbons (Fsp3) is 0.381. The van der Waals surface area contributed by atoms with E-state index in [-0.39, 0.29) is 24.3 Å². The van der Waals surface area contributed by atoms with Gasteiger partial charge in [0, 0.05) is 47.6 Å². The molecule has 3 aromatic heterocycles. The molecule has 1 aliphatic carbocycles. The van der Waals surface area contributed by atoms with Crippen molar-refractivity contribution in [2.24, 2.45) is 5.92 Å². The maximum absolute atomic E-state index is 13.4. The van der Waals surface area contributed by atoms with Crippen molar-refractivity contribution in [1.29, 1.82) is 0 Å². The molecule has 5 heterocycles. The Hall–Kier alpha value is -6.18. The number of benzene rings is 2. The standard InChI is InChI=1S/C42H45N9O5/c1-2-32(25-9-5-6-10-25)50-24-28(23-45-50)36-31-20-22-43-37(31)49-42(48-36)46-29-16-14-27(15-17-29)38(53)44-21-7-3-4-11-26-12-8-13-30-35(26)41(56)51(40(30)55)33-18-19-34(52)47-39(33)54/h8,12-17,20,22-25,32-33H,2-7,9-11,18-19,21H2,1H3,(H,44,53)(H,47,52,54)(H2,43,46,48,49)/t32-,33?/m1/s1. The average molecular weight is 756 g/mol. The number of anilines is 2. The Kier molecular flexibility index (Phi) is 10.4. The van der Waals surface area contributed by atoms with Crippen molar-refractivity contribution in [1.82, 2.24) is 40.3 Å². The van der Waals surface area contributed by atoms with E-state index < -0.39 is 29.7 Å². The van der Waals surface area contributed by atoms with Crippen LogP contribution in [0.5, 0.6) is 0 Å². The van der Waals surface area contributed by atoms with Crippen molar-refractivity contribution in [3.05, 3.63) is 89.4 Å². The van der Waals surface area contributed by atoms with Crippen LogP contribution in [-0.4, -0.2) is 71.8 Å². The molecule has 8 rings (SSSR count). The van der Waals surface area contributed by atoms with Crippen LogP contribution in [0.15, 0.2) is 67.1 Å². The van der Waals surface area contributed by atoms with E-state index in [9.17, 15) is 24.0 Å². The number of aromatic amines is 1. The third-order valence-electron chi connectivity index (χ3n) is 11.4. The van der Waals surface area contributed by atoms with Crippen molar-refractivity contribution in [2.75, 3.05) is 11.9 Å². The topological polar surface area (TPSA) is 184 Å². The van der Waals surface area contributed by atoms with Gasteiger partial charge in [-0.2, -0.15) is 10.1 Å². The molecular formula is C42H45N9O5. The lowest BCUT2D eigenvalue weighted by molar-refractivity contribution is -0.136. The summed E-state index contributed by atoms with van der Waals surface area (Å²) < 4.78 is 2.12. The van der Waals surface area contributed by atoms with Gasteiger partial charge in [-0.15, -0.1) is 0 Å². The number of piperidine rings is 1. The minimum Gasteiger partial charge on any atom is -0.352 e. The van der Waals surface area contributed by atoms with E-state index in [1.807, 2.05) is 36.7 Å². The summed E-state index contributed by atoms with van der Waals surface area (Å²) in [5, 5.41) is 14.2. The van der Waals surface area contributed by atoms with Crippen LogP contribution in [0.2, 0.25) is 0 Å². The van der Waals surface area contributed by atoms with Crippen molar-refractivity contribution in [2.45, 2.75) is 89.6 Å². The summed E-state index contributed by atoms with van der Waals surface area (Å²) in [5.74, 6) is -1.12. The normalized spacial score (nSPS) is 17.7. The number of hydrogen-bond acceptors (Lipinski definition) is 9. The highest BCUT2D eigenvalue weighted by molar-refractivity contribution is 6.24. The molecule has 2 aliphatic heterocycles. The molecule has 1 saturated heterocycles. The molecule has 14 nitrogen and oxygen atoms in total. The second kappa shape index (κ2) is 15.9. The molecule has 0 bridgehead atoms. The number of aryl methyl sites for hydroxylation is 1. The summed E-state index contributed by atoms with van der Waals surface area (Å²) in [5.41, 5.74) is 5.10. The van der Waals surface area contributed by atoms with Crippen LogP contribution in [-0.2, 0) is 16.0 Å². The Balaban J connectivity index is 0.830. The zero-order valence-corrected chi connectivity index (χ0v) is 31.3. The number of imide groups is 2.